The Hall–Kier alpha value is -0.570. The van der Waals surface area contributed by atoms with Gasteiger partial charge in [-0.2, -0.15) is 0 Å². The van der Waals surface area contributed by atoms with Gasteiger partial charge < -0.3 is 9.84 Å². The van der Waals surface area contributed by atoms with Gasteiger partial charge >= 0.3 is 5.97 Å². The number of hydrogen-bond donors (Lipinski definition) is 1. The Kier molecular flexibility index (Phi) is 7.39. The van der Waals surface area contributed by atoms with Crippen LogP contribution in [-0.4, -0.2) is 23.3 Å². The molecule has 0 saturated carbocycles. The monoisotopic (exact) mass is 216 g/mol. The number of carbonyl (C=O) groups is 1. The number of hydrogen-bond acceptors (Lipinski definition) is 3. The highest BCUT2D eigenvalue weighted by atomic mass is 16.5. The van der Waals surface area contributed by atoms with E-state index < -0.39 is 5.60 Å². The minimum atomic E-state index is -0.720. The van der Waals surface area contributed by atoms with Crippen LogP contribution in [0.3, 0.4) is 0 Å². The smallest absolute Gasteiger partial charge is 0.305 e. The van der Waals surface area contributed by atoms with Crippen LogP contribution in [0.4, 0.5) is 0 Å². The minimum absolute atomic E-state index is 0.215. The lowest BCUT2D eigenvalue weighted by Gasteiger charge is -2.22. The molecule has 0 aliphatic heterocycles. The third-order valence-electron chi connectivity index (χ3n) is 2.49. The van der Waals surface area contributed by atoms with Crippen molar-refractivity contribution >= 4 is 5.97 Å². The van der Waals surface area contributed by atoms with E-state index in [1.54, 1.807) is 13.8 Å². The fraction of sp³-hybridized carbons (Fsp3) is 0.917. The van der Waals surface area contributed by atoms with E-state index >= 15 is 0 Å². The van der Waals surface area contributed by atoms with Crippen LogP contribution in [-0.2, 0) is 9.53 Å². The molecule has 90 valence electrons. The van der Waals surface area contributed by atoms with Gasteiger partial charge in [0.05, 0.1) is 12.2 Å². The first kappa shape index (κ1) is 14.4. The molecule has 1 N–H and O–H groups in total. The maximum atomic E-state index is 11.1. The zero-order chi connectivity index (χ0) is 11.7. The van der Waals surface area contributed by atoms with Crippen molar-refractivity contribution in [2.75, 3.05) is 6.61 Å². The van der Waals surface area contributed by atoms with Crippen molar-refractivity contribution in [3.63, 3.8) is 0 Å². The predicted molar refractivity (Wildman–Crippen MR) is 60.6 cm³/mol. The molecule has 0 aromatic carbocycles. The highest BCUT2D eigenvalue weighted by Crippen LogP contribution is 2.20. The summed E-state index contributed by atoms with van der Waals surface area (Å²) < 4.78 is 4.81. The summed E-state index contributed by atoms with van der Waals surface area (Å²) in [6.45, 7) is 6.13. The molecule has 3 nitrogen and oxygen atoms in total. The molecule has 0 aliphatic rings. The summed E-state index contributed by atoms with van der Waals surface area (Å²) in [5.41, 5.74) is -0.720. The first-order valence-electron chi connectivity index (χ1n) is 5.90. The second-order valence-electron chi connectivity index (χ2n) is 4.26. The van der Waals surface area contributed by atoms with Crippen molar-refractivity contribution < 1.29 is 14.6 Å². The molecule has 0 spiro atoms. The fourth-order valence-electron chi connectivity index (χ4n) is 1.49. The lowest BCUT2D eigenvalue weighted by Crippen LogP contribution is -2.25. The van der Waals surface area contributed by atoms with Crippen LogP contribution >= 0.6 is 0 Å². The minimum Gasteiger partial charge on any atom is -0.466 e. The Bertz CT molecular complexity index is 176. The largest absolute Gasteiger partial charge is 0.466 e. The maximum absolute atomic E-state index is 11.1. The quantitative estimate of drug-likeness (QED) is 0.501. The van der Waals surface area contributed by atoms with E-state index in [9.17, 15) is 9.90 Å². The number of unbranched alkanes of at least 4 members (excludes halogenated alkanes) is 2. The SMILES string of the molecule is CCCCCC(C)(O)CCC(=O)OCC. The van der Waals surface area contributed by atoms with Crippen molar-refractivity contribution in [3.8, 4) is 0 Å². The molecule has 0 aromatic rings. The van der Waals surface area contributed by atoms with Gasteiger partial charge in [-0.15, -0.1) is 0 Å². The number of esters is 1. The molecule has 0 amide bonds. The standard InChI is InChI=1S/C12H24O3/c1-4-6-7-9-12(3,14)10-8-11(13)15-5-2/h14H,4-10H2,1-3H3. The molecule has 1 atom stereocenters. The zero-order valence-electron chi connectivity index (χ0n) is 10.2. The predicted octanol–water partition coefficient (Wildman–Crippen LogP) is 2.66. The molecule has 0 aliphatic carbocycles. The molecule has 1 unspecified atom stereocenters. The second-order valence-corrected chi connectivity index (χ2v) is 4.26. The van der Waals surface area contributed by atoms with Crippen LogP contribution in [0, 0.1) is 0 Å². The van der Waals surface area contributed by atoms with Gasteiger partial charge in [-0.1, -0.05) is 26.2 Å². The van der Waals surface area contributed by atoms with Crippen LogP contribution in [0.5, 0.6) is 0 Å². The highest BCUT2D eigenvalue weighted by Gasteiger charge is 2.21. The van der Waals surface area contributed by atoms with E-state index in [0.717, 1.165) is 25.7 Å². The third-order valence-corrected chi connectivity index (χ3v) is 2.49. The van der Waals surface area contributed by atoms with Gasteiger partial charge in [0.2, 0.25) is 0 Å². The Morgan fingerprint density at radius 2 is 1.93 bits per heavy atom. The van der Waals surface area contributed by atoms with Gasteiger partial charge in [-0.05, 0) is 26.7 Å². The van der Waals surface area contributed by atoms with Crippen molar-refractivity contribution in [1.82, 2.24) is 0 Å². The zero-order valence-corrected chi connectivity index (χ0v) is 10.2. The molecule has 0 heterocycles. The molecule has 0 saturated heterocycles. The summed E-state index contributed by atoms with van der Waals surface area (Å²) >= 11 is 0. The van der Waals surface area contributed by atoms with Crippen molar-refractivity contribution in [3.05, 3.63) is 0 Å². The lowest BCUT2D eigenvalue weighted by molar-refractivity contribution is -0.144. The van der Waals surface area contributed by atoms with Gasteiger partial charge in [-0.3, -0.25) is 4.79 Å². The van der Waals surface area contributed by atoms with Crippen molar-refractivity contribution in [2.24, 2.45) is 0 Å². The normalized spacial score (nSPS) is 14.7. The van der Waals surface area contributed by atoms with Crippen LogP contribution in [0.25, 0.3) is 0 Å². The summed E-state index contributed by atoms with van der Waals surface area (Å²) in [6, 6.07) is 0. The Balaban J connectivity index is 3.67. The van der Waals surface area contributed by atoms with Gasteiger partial charge in [0.15, 0.2) is 0 Å². The van der Waals surface area contributed by atoms with Crippen LogP contribution < -0.4 is 0 Å². The van der Waals surface area contributed by atoms with Crippen molar-refractivity contribution in [1.29, 1.82) is 0 Å². The van der Waals surface area contributed by atoms with Crippen molar-refractivity contribution in [2.45, 2.75) is 64.9 Å². The number of aliphatic hydroxyl groups is 1. The molecular weight excluding hydrogens is 192 g/mol. The van der Waals surface area contributed by atoms with Gasteiger partial charge in [0.1, 0.15) is 0 Å². The fourth-order valence-corrected chi connectivity index (χ4v) is 1.49. The number of ether oxygens (including phenoxy) is 1. The average molecular weight is 216 g/mol. The van der Waals surface area contributed by atoms with Gasteiger partial charge in [0, 0.05) is 6.42 Å². The Morgan fingerprint density at radius 1 is 1.27 bits per heavy atom. The summed E-state index contributed by atoms with van der Waals surface area (Å²) in [5.74, 6) is -0.215. The summed E-state index contributed by atoms with van der Waals surface area (Å²) in [4.78, 5) is 11.1. The Labute approximate surface area is 92.8 Å². The first-order valence-corrected chi connectivity index (χ1v) is 5.90. The molecule has 0 aromatic heterocycles. The molecule has 3 heteroatoms. The first-order chi connectivity index (χ1) is 7.02. The van der Waals surface area contributed by atoms with E-state index in [-0.39, 0.29) is 5.97 Å². The van der Waals surface area contributed by atoms with E-state index in [4.69, 9.17) is 4.74 Å². The van der Waals surface area contributed by atoms with Crippen LogP contribution in [0.2, 0.25) is 0 Å². The summed E-state index contributed by atoms with van der Waals surface area (Å²) in [7, 11) is 0. The summed E-state index contributed by atoms with van der Waals surface area (Å²) in [5, 5.41) is 9.95. The molecule has 0 radical (unpaired) electrons. The van der Waals surface area contributed by atoms with E-state index in [1.165, 1.54) is 0 Å². The number of rotatable bonds is 8. The van der Waals surface area contributed by atoms with E-state index in [0.29, 0.717) is 19.4 Å². The number of carbonyl (C=O) groups excluding carboxylic acids is 1. The molecule has 15 heavy (non-hydrogen) atoms. The summed E-state index contributed by atoms with van der Waals surface area (Å²) in [6.07, 6.45) is 4.87. The Morgan fingerprint density at radius 3 is 2.47 bits per heavy atom. The molecular formula is C12H24O3. The van der Waals surface area contributed by atoms with Crippen LogP contribution in [0.1, 0.15) is 59.3 Å². The lowest BCUT2D eigenvalue weighted by atomic mass is 9.93. The topological polar surface area (TPSA) is 46.5 Å². The molecule has 0 rings (SSSR count). The third kappa shape index (κ3) is 8.43. The maximum Gasteiger partial charge on any atom is 0.305 e. The average Bonchev–Trinajstić information content (AvgIpc) is 2.16. The molecule has 0 bridgehead atoms. The van der Waals surface area contributed by atoms with Gasteiger partial charge in [-0.25, -0.2) is 0 Å². The van der Waals surface area contributed by atoms with E-state index in [2.05, 4.69) is 6.92 Å². The van der Waals surface area contributed by atoms with Gasteiger partial charge in [0.25, 0.3) is 0 Å². The molecule has 0 fully saturated rings. The highest BCUT2D eigenvalue weighted by molar-refractivity contribution is 5.69. The van der Waals surface area contributed by atoms with E-state index in [1.807, 2.05) is 0 Å². The second kappa shape index (κ2) is 7.69. The van der Waals surface area contributed by atoms with Crippen LogP contribution in [0.15, 0.2) is 0 Å².